The summed E-state index contributed by atoms with van der Waals surface area (Å²) in [7, 11) is 0. The SMILES string of the molecule is CC(=O)C[C@@H](Cc1ccc(F)c(F)c1)[C@]1(C)CCCCCC/C=C/CCC[C@@](C)(C(=O)NC(CO)C(=O)N[C@@H](C)C(=O)NC(C)C(N)=O)NC(=O)[C@H](CCC(C)C)CN[C@@H](CCC(N)=O)C(=O)C(=O)C(C)NC(=O)[C@H](Cc2c[nH]c3ccccc23)NC(=O)C(Cc2ccc(O)cc2)NC(=O)[C@H](CCC(=O)O)NC1=O. The number of rotatable bonds is 26. The molecule has 0 aliphatic carbocycles. The van der Waals surface area contributed by atoms with Gasteiger partial charge in [-0.2, -0.15) is 0 Å². The van der Waals surface area contributed by atoms with Crippen molar-refractivity contribution in [2.75, 3.05) is 13.2 Å². The summed E-state index contributed by atoms with van der Waals surface area (Å²) in [6.07, 6.45) is 6.00. The molecule has 17 N–H and O–H groups in total. The third-order valence-electron chi connectivity index (χ3n) is 19.8. The van der Waals surface area contributed by atoms with E-state index in [4.69, 9.17) is 11.5 Å². The number of ketones is 3. The van der Waals surface area contributed by atoms with Gasteiger partial charge in [0.1, 0.15) is 53.3 Å². The van der Waals surface area contributed by atoms with Crippen LogP contribution in [0.25, 0.3) is 10.9 Å². The van der Waals surface area contributed by atoms with Gasteiger partial charge in [0.05, 0.1) is 24.6 Å². The third-order valence-corrected chi connectivity index (χ3v) is 19.8. The van der Waals surface area contributed by atoms with Gasteiger partial charge >= 0.3 is 5.97 Å². The molecule has 31 heteroatoms. The van der Waals surface area contributed by atoms with Crippen LogP contribution in [0.1, 0.15) is 175 Å². The minimum Gasteiger partial charge on any atom is -0.508 e. The van der Waals surface area contributed by atoms with Crippen molar-refractivity contribution in [1.82, 2.24) is 52.8 Å². The minimum absolute atomic E-state index is 0.00147. The Kier molecular flexibility index (Phi) is 35.3. The van der Waals surface area contributed by atoms with Crippen LogP contribution in [0.3, 0.4) is 0 Å². The van der Waals surface area contributed by atoms with Crippen molar-refractivity contribution < 1.29 is 91.2 Å². The standard InChI is InChI=1S/C78H108F2N12O17/c1-44(2)22-26-51-41-84-59(30-32-64(81)96)67(100)66(99)46(4)85-72(105)62(40-52-42-83-58-21-17-16-20-55(52)58)89-73(106)61(39-49-23-27-54(95)28-24-49)88-71(104)60(31-33-65(97)98)90-75(108)77(7,53(36-45(3)94)37-50-25-29-56(79)57(80)38-50)34-18-14-12-10-9-11-13-15-19-35-78(8,92-70(51)103)76(109)91-63(43-93)74(107)87-48(6)69(102)86-47(5)68(82)101/h11,13,16-17,20-21,23-25,27-29,38,42,44,46-48,51,53,59-63,83-84,93,95H,9-10,12,14-15,18-19,22,26,30-37,39-41,43H2,1-8H3,(H2,81,96)(H2,82,101)(H,85,105)(H,86,102)(H,87,107)(H,88,104)(H,89,106)(H,90,108)(H,91,109)(H,92,103)(H,97,98)/b13-11+/t46?,47?,48-,51+,53-,59-,60-,61?,62-,63?,77-,78-/m0/s1. The average molecular weight is 1520 g/mol. The van der Waals surface area contributed by atoms with E-state index in [2.05, 4.69) is 52.8 Å². The quantitative estimate of drug-likeness (QED) is 0.0313. The van der Waals surface area contributed by atoms with E-state index in [1.54, 1.807) is 37.4 Å². The second-order valence-electron chi connectivity index (χ2n) is 29.3. The fourth-order valence-electron chi connectivity index (χ4n) is 12.9. The number of nitrogens with two attached hydrogens (primary N) is 2. The molecule has 109 heavy (non-hydrogen) atoms. The Bertz CT molecular complexity index is 3910. The number of aliphatic carboxylic acids is 1. The van der Waals surface area contributed by atoms with Gasteiger partial charge < -0.3 is 84.4 Å². The lowest BCUT2D eigenvalue weighted by atomic mass is 9.68. The number of carboxylic acid groups (broad SMARTS) is 1. The van der Waals surface area contributed by atoms with Crippen molar-refractivity contribution in [3.05, 3.63) is 113 Å². The lowest BCUT2D eigenvalue weighted by Crippen LogP contribution is -2.63. The first kappa shape index (κ1) is 89.3. The molecule has 12 atom stereocenters. The summed E-state index contributed by atoms with van der Waals surface area (Å²) in [5.41, 5.74) is 9.13. The molecule has 0 bridgehead atoms. The molecule has 5 rings (SSSR count). The number of carbonyl (C=O) groups excluding carboxylic acids is 13. The van der Waals surface area contributed by atoms with E-state index < -0.39 is 185 Å². The maximum atomic E-state index is 15.4. The van der Waals surface area contributed by atoms with Crippen LogP contribution >= 0.6 is 0 Å². The van der Waals surface area contributed by atoms with Gasteiger partial charge in [-0.15, -0.1) is 0 Å². The fourth-order valence-corrected chi connectivity index (χ4v) is 12.9. The Labute approximate surface area is 633 Å². The number of halogens is 2. The highest BCUT2D eigenvalue weighted by Gasteiger charge is 2.44. The van der Waals surface area contributed by atoms with E-state index in [-0.39, 0.29) is 87.3 Å². The molecule has 0 spiro atoms. The zero-order valence-corrected chi connectivity index (χ0v) is 63.3. The Morgan fingerprint density at radius 1 is 0.651 bits per heavy atom. The van der Waals surface area contributed by atoms with Crippen LogP contribution in [-0.4, -0.2) is 170 Å². The number of fused-ring (bicyclic) bond motifs is 1. The van der Waals surface area contributed by atoms with E-state index in [1.165, 1.54) is 65.0 Å². The number of aromatic hydroxyl groups is 1. The number of aromatic amines is 1. The number of aliphatic hydroxyl groups is 1. The molecule has 2 heterocycles. The topological polar surface area (TPSA) is 476 Å². The predicted molar refractivity (Wildman–Crippen MR) is 399 cm³/mol. The lowest BCUT2D eigenvalue weighted by molar-refractivity contribution is -0.141. The van der Waals surface area contributed by atoms with E-state index in [9.17, 15) is 76.8 Å². The molecule has 4 unspecified atom stereocenters. The number of phenols is 1. The number of benzene rings is 3. The summed E-state index contributed by atoms with van der Waals surface area (Å²) in [6, 6.07) is 3.40. The maximum Gasteiger partial charge on any atom is 0.303 e. The van der Waals surface area contributed by atoms with Crippen molar-refractivity contribution in [2.45, 2.75) is 231 Å². The number of aliphatic hydroxyl groups excluding tert-OH is 1. The molecule has 3 aromatic carbocycles. The van der Waals surface area contributed by atoms with Gasteiger partial charge in [0.2, 0.25) is 70.6 Å². The molecule has 4 aromatic rings. The lowest BCUT2D eigenvalue weighted by Gasteiger charge is -2.38. The zero-order valence-electron chi connectivity index (χ0n) is 63.3. The molecule has 0 radical (unpaired) electrons. The fraction of sp³-hybridized carbons (Fsp3) is 0.538. The second-order valence-corrected chi connectivity index (χ2v) is 29.3. The van der Waals surface area contributed by atoms with Gasteiger partial charge in [0, 0.05) is 61.2 Å². The highest BCUT2D eigenvalue weighted by Crippen LogP contribution is 2.39. The Balaban J connectivity index is 1.62. The molecule has 0 saturated carbocycles. The van der Waals surface area contributed by atoms with Gasteiger partial charge in [-0.05, 0) is 158 Å². The number of allylic oxidation sites excluding steroid dienone is 2. The normalized spacial score (nSPS) is 23.2. The number of carbonyl (C=O) groups is 14. The third kappa shape index (κ3) is 28.3. The number of Topliss-reactive ketones (excluding diaryl/α,β-unsaturated/α-hetero) is 3. The van der Waals surface area contributed by atoms with Crippen molar-refractivity contribution in [3.63, 3.8) is 0 Å². The Morgan fingerprint density at radius 3 is 1.90 bits per heavy atom. The van der Waals surface area contributed by atoms with Crippen LogP contribution < -0.4 is 59.3 Å². The van der Waals surface area contributed by atoms with Gasteiger partial charge in [0.15, 0.2) is 11.6 Å². The van der Waals surface area contributed by atoms with E-state index in [0.29, 0.717) is 67.0 Å². The van der Waals surface area contributed by atoms with Crippen LogP contribution in [0.5, 0.6) is 5.75 Å². The Hall–Kier alpha value is -10.3. The van der Waals surface area contributed by atoms with Crippen molar-refractivity contribution in [1.29, 1.82) is 0 Å². The molecule has 596 valence electrons. The van der Waals surface area contributed by atoms with Gasteiger partial charge in [-0.3, -0.25) is 62.3 Å². The molecular weight excluding hydrogens is 1410 g/mol. The number of hydrogen-bond acceptors (Lipinski definition) is 17. The average Bonchev–Trinajstić information content (AvgIpc) is 1.01. The number of hydrogen-bond donors (Lipinski definition) is 15. The highest BCUT2D eigenvalue weighted by molar-refractivity contribution is 6.41. The molecule has 0 fully saturated rings. The Morgan fingerprint density at radius 2 is 1.27 bits per heavy atom. The first-order chi connectivity index (χ1) is 51.4. The molecule has 1 aromatic heterocycles. The maximum absolute atomic E-state index is 15.4. The molecule has 1 aliphatic heterocycles. The molecule has 10 amide bonds. The number of primary amides is 2. The van der Waals surface area contributed by atoms with E-state index in [0.717, 1.165) is 12.1 Å². The summed E-state index contributed by atoms with van der Waals surface area (Å²) in [5, 5.41) is 55.1. The number of amides is 10. The van der Waals surface area contributed by atoms with Crippen molar-refractivity contribution in [2.24, 2.45) is 34.6 Å². The highest BCUT2D eigenvalue weighted by atomic mass is 19.2. The summed E-state index contributed by atoms with van der Waals surface area (Å²) < 4.78 is 29.3. The number of para-hydroxylation sites is 1. The first-order valence-electron chi connectivity index (χ1n) is 37.0. The summed E-state index contributed by atoms with van der Waals surface area (Å²) in [5.74, 6) is -17.7. The largest absolute Gasteiger partial charge is 0.508 e. The van der Waals surface area contributed by atoms with Crippen LogP contribution in [-0.2, 0) is 86.4 Å². The smallest absolute Gasteiger partial charge is 0.303 e. The summed E-state index contributed by atoms with van der Waals surface area (Å²) in [6.45, 7) is 10.6. The van der Waals surface area contributed by atoms with Gasteiger partial charge in [-0.1, -0.05) is 95.0 Å². The van der Waals surface area contributed by atoms with Crippen molar-refractivity contribution in [3.8, 4) is 5.75 Å². The first-order valence-corrected chi connectivity index (χ1v) is 37.0. The van der Waals surface area contributed by atoms with Gasteiger partial charge in [-0.25, -0.2) is 8.78 Å². The molecule has 1 aliphatic rings. The number of aromatic nitrogens is 1. The number of carboxylic acids is 1. The monoisotopic (exact) mass is 1520 g/mol. The number of nitrogens with one attached hydrogen (secondary N) is 10. The predicted octanol–water partition coefficient (Wildman–Crippen LogP) is 3.95. The molecule has 0 saturated heterocycles. The zero-order chi connectivity index (χ0) is 80.9. The van der Waals surface area contributed by atoms with Crippen LogP contribution in [0.2, 0.25) is 0 Å². The minimum atomic E-state index is -1.86. The number of H-pyrrole nitrogens is 1. The van der Waals surface area contributed by atoms with E-state index in [1.807, 2.05) is 26.0 Å². The van der Waals surface area contributed by atoms with E-state index >= 15 is 14.4 Å². The van der Waals surface area contributed by atoms with Crippen molar-refractivity contribution >= 4 is 93.3 Å². The van der Waals surface area contributed by atoms with Crippen LogP contribution in [0.15, 0.2) is 85.1 Å². The number of phenolic OH excluding ortho intramolecular Hbond substituents is 1. The van der Waals surface area contributed by atoms with Crippen LogP contribution in [0.4, 0.5) is 8.78 Å². The molecular formula is C78H108F2N12O17. The second kappa shape index (κ2) is 43.0. The summed E-state index contributed by atoms with van der Waals surface area (Å²) >= 11 is 0. The van der Waals surface area contributed by atoms with Crippen LogP contribution in [0, 0.1) is 34.8 Å². The molecule has 29 nitrogen and oxygen atoms in total. The van der Waals surface area contributed by atoms with Gasteiger partial charge in [0.25, 0.3) is 0 Å². The summed E-state index contributed by atoms with van der Waals surface area (Å²) in [4.78, 5) is 199.